The molecule has 0 radical (unpaired) electrons. The van der Waals surface area contributed by atoms with Gasteiger partial charge in [-0.25, -0.2) is 9.97 Å². The molecule has 3 aromatic rings. The lowest BCUT2D eigenvalue weighted by atomic mass is 9.99. The van der Waals surface area contributed by atoms with E-state index in [1.165, 1.54) is 16.0 Å². The van der Waals surface area contributed by atoms with Crippen LogP contribution in [0.2, 0.25) is 0 Å². The maximum Gasteiger partial charge on any atom is 0.181 e. The predicted octanol–water partition coefficient (Wildman–Crippen LogP) is 3.92. The van der Waals surface area contributed by atoms with Crippen molar-refractivity contribution in [1.29, 1.82) is 0 Å². The molecule has 0 fully saturated rings. The van der Waals surface area contributed by atoms with Gasteiger partial charge in [0.15, 0.2) is 5.13 Å². The molecule has 0 saturated carbocycles. The van der Waals surface area contributed by atoms with Crippen molar-refractivity contribution in [3.8, 4) is 0 Å². The number of imidazole rings is 1. The van der Waals surface area contributed by atoms with Gasteiger partial charge in [-0.2, -0.15) is 0 Å². The van der Waals surface area contributed by atoms with Crippen molar-refractivity contribution in [1.82, 2.24) is 14.5 Å². The standard InChI is InChI=1S/C17H23N5S/c1-4-6-14(22-10-9-19-11-22)15-13(21(3)5-2)8-7-12-16(15)23-17(18)20-12/h7-11,14H,4-6H2,1-3H3,(H2,18,20). The topological polar surface area (TPSA) is 60.0 Å². The third kappa shape index (κ3) is 2.91. The number of hydrogen-bond acceptors (Lipinski definition) is 5. The third-order valence-electron chi connectivity index (χ3n) is 4.26. The lowest BCUT2D eigenvalue weighted by Gasteiger charge is -2.27. The Labute approximate surface area is 140 Å². The molecular weight excluding hydrogens is 306 g/mol. The van der Waals surface area contributed by atoms with Crippen LogP contribution in [0.1, 0.15) is 38.3 Å². The fourth-order valence-electron chi connectivity index (χ4n) is 3.01. The van der Waals surface area contributed by atoms with E-state index < -0.39 is 0 Å². The molecule has 122 valence electrons. The highest BCUT2D eigenvalue weighted by Crippen LogP contribution is 2.40. The van der Waals surface area contributed by atoms with E-state index in [9.17, 15) is 0 Å². The van der Waals surface area contributed by atoms with Crippen LogP contribution in [0.4, 0.5) is 10.8 Å². The molecule has 1 atom stereocenters. The first-order valence-corrected chi connectivity index (χ1v) is 8.84. The largest absolute Gasteiger partial charge is 0.375 e. The van der Waals surface area contributed by atoms with E-state index in [-0.39, 0.29) is 6.04 Å². The summed E-state index contributed by atoms with van der Waals surface area (Å²) >= 11 is 1.58. The highest BCUT2D eigenvalue weighted by Gasteiger charge is 2.22. The summed E-state index contributed by atoms with van der Waals surface area (Å²) in [7, 11) is 2.13. The van der Waals surface area contributed by atoms with Crippen molar-refractivity contribution < 1.29 is 0 Å². The zero-order valence-corrected chi connectivity index (χ0v) is 14.7. The second kappa shape index (κ2) is 6.58. The van der Waals surface area contributed by atoms with Gasteiger partial charge in [0.05, 0.1) is 22.6 Å². The van der Waals surface area contributed by atoms with Crippen molar-refractivity contribution in [3.63, 3.8) is 0 Å². The number of fused-ring (bicyclic) bond motifs is 1. The second-order valence-corrected chi connectivity index (χ2v) is 6.76. The average molecular weight is 329 g/mol. The second-order valence-electron chi connectivity index (χ2n) is 5.73. The van der Waals surface area contributed by atoms with Gasteiger partial charge in [-0.05, 0) is 25.5 Å². The molecule has 1 aromatic carbocycles. The van der Waals surface area contributed by atoms with E-state index in [4.69, 9.17) is 5.73 Å². The van der Waals surface area contributed by atoms with Crippen molar-refractivity contribution in [2.45, 2.75) is 32.7 Å². The van der Waals surface area contributed by atoms with Crippen LogP contribution in [-0.2, 0) is 0 Å². The molecule has 0 aliphatic carbocycles. The zero-order valence-electron chi connectivity index (χ0n) is 13.9. The van der Waals surface area contributed by atoms with E-state index in [1.54, 1.807) is 11.3 Å². The zero-order chi connectivity index (χ0) is 16.4. The number of hydrogen-bond donors (Lipinski definition) is 1. The number of benzene rings is 1. The van der Waals surface area contributed by atoms with Gasteiger partial charge in [0, 0.05) is 37.2 Å². The molecule has 6 heteroatoms. The van der Waals surface area contributed by atoms with Crippen LogP contribution in [0, 0.1) is 0 Å². The van der Waals surface area contributed by atoms with Crippen LogP contribution in [0.25, 0.3) is 10.2 Å². The first-order valence-electron chi connectivity index (χ1n) is 8.03. The van der Waals surface area contributed by atoms with Gasteiger partial charge in [-0.1, -0.05) is 24.7 Å². The highest BCUT2D eigenvalue weighted by atomic mass is 32.1. The molecule has 23 heavy (non-hydrogen) atoms. The molecule has 0 amide bonds. The molecule has 2 aromatic heterocycles. The van der Waals surface area contributed by atoms with Gasteiger partial charge in [-0.15, -0.1) is 0 Å². The Hall–Kier alpha value is -2.08. The summed E-state index contributed by atoms with van der Waals surface area (Å²) in [6.07, 6.45) is 7.94. The molecule has 3 rings (SSSR count). The maximum atomic E-state index is 5.99. The van der Waals surface area contributed by atoms with Crippen LogP contribution in [-0.4, -0.2) is 28.1 Å². The SMILES string of the molecule is CCCC(c1c(N(C)CC)ccc2nc(N)sc12)n1ccnc1. The summed E-state index contributed by atoms with van der Waals surface area (Å²) in [5, 5.41) is 0.624. The summed E-state index contributed by atoms with van der Waals surface area (Å²) in [5.74, 6) is 0. The molecule has 0 bridgehead atoms. The first-order chi connectivity index (χ1) is 11.2. The Morgan fingerprint density at radius 2 is 2.17 bits per heavy atom. The Morgan fingerprint density at radius 3 is 2.83 bits per heavy atom. The van der Waals surface area contributed by atoms with Crippen molar-refractivity contribution in [2.75, 3.05) is 24.2 Å². The third-order valence-corrected chi connectivity index (χ3v) is 5.19. The molecule has 5 nitrogen and oxygen atoms in total. The molecule has 0 aliphatic rings. The lowest BCUT2D eigenvalue weighted by molar-refractivity contribution is 0.536. The Balaban J connectivity index is 2.26. The molecule has 1 unspecified atom stereocenters. The quantitative estimate of drug-likeness (QED) is 0.744. The Kier molecular flexibility index (Phi) is 4.52. The van der Waals surface area contributed by atoms with E-state index in [2.05, 4.69) is 52.5 Å². The van der Waals surface area contributed by atoms with Gasteiger partial charge in [0.1, 0.15) is 0 Å². The summed E-state index contributed by atoms with van der Waals surface area (Å²) < 4.78 is 3.38. The normalized spacial score (nSPS) is 12.7. The maximum absolute atomic E-state index is 5.99. The fourth-order valence-corrected chi connectivity index (χ4v) is 3.94. The summed E-state index contributed by atoms with van der Waals surface area (Å²) in [6.45, 7) is 5.34. The van der Waals surface area contributed by atoms with Gasteiger partial charge in [0.2, 0.25) is 0 Å². The Morgan fingerprint density at radius 1 is 1.35 bits per heavy atom. The Bertz CT molecular complexity index is 778. The molecule has 0 saturated heterocycles. The van der Waals surface area contributed by atoms with E-state index in [0.29, 0.717) is 5.13 Å². The number of nitrogens with two attached hydrogens (primary N) is 1. The molecule has 2 N–H and O–H groups in total. The molecular formula is C17H23N5S. The number of nitrogens with zero attached hydrogens (tertiary/aromatic N) is 4. The van der Waals surface area contributed by atoms with E-state index in [1.807, 2.05) is 18.7 Å². The minimum Gasteiger partial charge on any atom is -0.375 e. The predicted molar refractivity (Wildman–Crippen MR) is 98.3 cm³/mol. The minimum absolute atomic E-state index is 0.245. The molecule has 2 heterocycles. The number of anilines is 2. The van der Waals surface area contributed by atoms with Gasteiger partial charge < -0.3 is 15.2 Å². The summed E-state index contributed by atoms with van der Waals surface area (Å²) in [5.41, 5.74) is 9.52. The van der Waals surface area contributed by atoms with Crippen molar-refractivity contribution >= 4 is 32.4 Å². The van der Waals surface area contributed by atoms with Crippen LogP contribution in [0.15, 0.2) is 30.9 Å². The van der Waals surface area contributed by atoms with Crippen LogP contribution < -0.4 is 10.6 Å². The number of aromatic nitrogens is 3. The molecule has 0 aliphatic heterocycles. The van der Waals surface area contributed by atoms with Crippen molar-refractivity contribution in [3.05, 3.63) is 36.4 Å². The molecule has 0 spiro atoms. The van der Waals surface area contributed by atoms with E-state index in [0.717, 1.165) is 24.9 Å². The van der Waals surface area contributed by atoms with Crippen molar-refractivity contribution in [2.24, 2.45) is 0 Å². The van der Waals surface area contributed by atoms with Crippen LogP contribution in [0.5, 0.6) is 0 Å². The van der Waals surface area contributed by atoms with E-state index >= 15 is 0 Å². The van der Waals surface area contributed by atoms with Crippen LogP contribution >= 0.6 is 11.3 Å². The summed E-state index contributed by atoms with van der Waals surface area (Å²) in [6, 6.07) is 4.49. The first kappa shape index (κ1) is 15.8. The number of nitrogen functional groups attached to an aromatic ring is 1. The number of rotatable bonds is 6. The fraction of sp³-hybridized carbons (Fsp3) is 0.412. The van der Waals surface area contributed by atoms with Gasteiger partial charge in [0.25, 0.3) is 0 Å². The van der Waals surface area contributed by atoms with Gasteiger partial charge >= 0.3 is 0 Å². The van der Waals surface area contributed by atoms with Crippen LogP contribution in [0.3, 0.4) is 0 Å². The number of thiazole rings is 1. The summed E-state index contributed by atoms with van der Waals surface area (Å²) in [4.78, 5) is 11.0. The lowest BCUT2D eigenvalue weighted by Crippen LogP contribution is -2.20. The van der Waals surface area contributed by atoms with Gasteiger partial charge in [-0.3, -0.25) is 0 Å². The smallest absolute Gasteiger partial charge is 0.181 e. The average Bonchev–Trinajstić information content (AvgIpc) is 3.19. The minimum atomic E-state index is 0.245. The highest BCUT2D eigenvalue weighted by molar-refractivity contribution is 7.22. The monoisotopic (exact) mass is 329 g/mol.